The molecule has 8 heteroatoms. The van der Waals surface area contributed by atoms with Gasteiger partial charge in [-0.1, -0.05) is 72.8 Å². The molecule has 0 spiro atoms. The number of hydrogen-bond donors (Lipinski definition) is 4. The SMILES string of the molecule is Cc1ccc(O)c(N=Nc2c(O)ccc3ccccc23)c1.Cc1ccc(O)c(N=Nc2c(O)ccc3ccccc23)c1. The van der Waals surface area contributed by atoms with E-state index in [1.807, 2.05) is 74.5 Å². The van der Waals surface area contributed by atoms with Gasteiger partial charge in [0.2, 0.25) is 0 Å². The molecule has 6 rings (SSSR count). The molecule has 0 radical (unpaired) electrons. The second-order valence-electron chi connectivity index (χ2n) is 9.69. The summed E-state index contributed by atoms with van der Waals surface area (Å²) in [5, 5.41) is 59.5. The molecule has 0 saturated heterocycles. The van der Waals surface area contributed by atoms with E-state index in [4.69, 9.17) is 0 Å². The third-order valence-electron chi connectivity index (χ3n) is 6.54. The third-order valence-corrected chi connectivity index (χ3v) is 6.54. The number of hydrogen-bond acceptors (Lipinski definition) is 8. The molecule has 0 aliphatic carbocycles. The summed E-state index contributed by atoms with van der Waals surface area (Å²) in [6.45, 7) is 3.82. The first-order valence-electron chi connectivity index (χ1n) is 13.1. The van der Waals surface area contributed by atoms with E-state index in [-0.39, 0.29) is 23.0 Å². The summed E-state index contributed by atoms with van der Waals surface area (Å²) in [4.78, 5) is 0. The molecule has 208 valence electrons. The number of fused-ring (bicyclic) bond motifs is 2. The van der Waals surface area contributed by atoms with Crippen molar-refractivity contribution in [2.45, 2.75) is 13.8 Å². The van der Waals surface area contributed by atoms with Gasteiger partial charge in [-0.05, 0) is 72.1 Å². The Balaban J connectivity index is 0.000000168. The fourth-order valence-electron chi connectivity index (χ4n) is 4.33. The van der Waals surface area contributed by atoms with E-state index in [9.17, 15) is 20.4 Å². The van der Waals surface area contributed by atoms with Crippen molar-refractivity contribution in [2.24, 2.45) is 20.5 Å². The molecule has 0 aliphatic rings. The second-order valence-corrected chi connectivity index (χ2v) is 9.69. The van der Waals surface area contributed by atoms with Gasteiger partial charge in [0.15, 0.2) is 0 Å². The van der Waals surface area contributed by atoms with Gasteiger partial charge in [0, 0.05) is 10.8 Å². The van der Waals surface area contributed by atoms with Gasteiger partial charge in [0.1, 0.15) is 45.7 Å². The number of phenolic OH excluding ortho intramolecular Hbond substituents is 4. The first-order chi connectivity index (χ1) is 20.3. The van der Waals surface area contributed by atoms with Crippen molar-refractivity contribution in [3.63, 3.8) is 0 Å². The van der Waals surface area contributed by atoms with Crippen LogP contribution in [0.2, 0.25) is 0 Å². The van der Waals surface area contributed by atoms with Crippen LogP contribution in [0.5, 0.6) is 23.0 Å². The lowest BCUT2D eigenvalue weighted by molar-refractivity contribution is 0.474. The summed E-state index contributed by atoms with van der Waals surface area (Å²) in [6.07, 6.45) is 0. The number of aromatic hydroxyl groups is 4. The van der Waals surface area contributed by atoms with Crippen LogP contribution in [0.3, 0.4) is 0 Å². The van der Waals surface area contributed by atoms with Crippen molar-refractivity contribution in [1.82, 2.24) is 0 Å². The molecule has 8 nitrogen and oxygen atoms in total. The van der Waals surface area contributed by atoms with Crippen LogP contribution in [0.4, 0.5) is 22.7 Å². The Labute approximate surface area is 242 Å². The molecule has 0 atom stereocenters. The first-order valence-corrected chi connectivity index (χ1v) is 13.1. The molecular formula is C34H28N4O4. The highest BCUT2D eigenvalue weighted by molar-refractivity contribution is 5.96. The van der Waals surface area contributed by atoms with Gasteiger partial charge in [0.25, 0.3) is 0 Å². The summed E-state index contributed by atoms with van der Waals surface area (Å²) in [5.74, 6) is 0.238. The van der Waals surface area contributed by atoms with E-state index in [1.54, 1.807) is 48.5 Å². The zero-order valence-corrected chi connectivity index (χ0v) is 23.0. The van der Waals surface area contributed by atoms with Gasteiger partial charge >= 0.3 is 0 Å². The number of phenols is 4. The predicted octanol–water partition coefficient (Wildman–Crippen LogP) is 9.95. The lowest BCUT2D eigenvalue weighted by Gasteiger charge is -2.04. The summed E-state index contributed by atoms with van der Waals surface area (Å²) in [5.41, 5.74) is 3.50. The summed E-state index contributed by atoms with van der Waals surface area (Å²) in [6, 6.07) is 32.3. The van der Waals surface area contributed by atoms with Crippen LogP contribution < -0.4 is 0 Å². The predicted molar refractivity (Wildman–Crippen MR) is 165 cm³/mol. The van der Waals surface area contributed by atoms with Gasteiger partial charge < -0.3 is 20.4 Å². The second kappa shape index (κ2) is 12.2. The topological polar surface area (TPSA) is 130 Å². The molecule has 0 aliphatic heterocycles. The van der Waals surface area contributed by atoms with E-state index in [1.165, 1.54) is 0 Å². The maximum atomic E-state index is 9.99. The molecule has 6 aromatic carbocycles. The Morgan fingerprint density at radius 3 is 1.21 bits per heavy atom. The van der Waals surface area contributed by atoms with Gasteiger partial charge in [-0.3, -0.25) is 0 Å². The highest BCUT2D eigenvalue weighted by atomic mass is 16.3. The number of rotatable bonds is 4. The largest absolute Gasteiger partial charge is 0.506 e. The van der Waals surface area contributed by atoms with Gasteiger partial charge in [0.05, 0.1) is 0 Å². The molecule has 42 heavy (non-hydrogen) atoms. The van der Waals surface area contributed by atoms with Crippen LogP contribution in [0, 0.1) is 13.8 Å². The number of nitrogens with zero attached hydrogens (tertiary/aromatic N) is 4. The molecule has 0 fully saturated rings. The average molecular weight is 557 g/mol. The van der Waals surface area contributed by atoms with Crippen LogP contribution in [0.1, 0.15) is 11.1 Å². The van der Waals surface area contributed by atoms with E-state index < -0.39 is 0 Å². The monoisotopic (exact) mass is 556 g/mol. The third kappa shape index (κ3) is 6.18. The van der Waals surface area contributed by atoms with E-state index in [0.29, 0.717) is 22.7 Å². The molecular weight excluding hydrogens is 528 g/mol. The number of azo groups is 2. The van der Waals surface area contributed by atoms with Crippen LogP contribution in [0.25, 0.3) is 21.5 Å². The summed E-state index contributed by atoms with van der Waals surface area (Å²) in [7, 11) is 0. The highest BCUT2D eigenvalue weighted by Gasteiger charge is 2.08. The molecule has 0 aromatic heterocycles. The Kier molecular flexibility index (Phi) is 8.06. The fraction of sp³-hybridized carbons (Fsp3) is 0.0588. The van der Waals surface area contributed by atoms with E-state index in [0.717, 1.165) is 32.7 Å². The highest BCUT2D eigenvalue weighted by Crippen LogP contribution is 2.38. The van der Waals surface area contributed by atoms with Crippen molar-refractivity contribution in [2.75, 3.05) is 0 Å². The lowest BCUT2D eigenvalue weighted by atomic mass is 10.1. The van der Waals surface area contributed by atoms with Gasteiger partial charge in [-0.25, -0.2) is 0 Å². The normalized spacial score (nSPS) is 11.3. The van der Waals surface area contributed by atoms with Gasteiger partial charge in [-0.15, -0.1) is 20.5 Å². The molecule has 0 saturated carbocycles. The maximum absolute atomic E-state index is 9.99. The lowest BCUT2D eigenvalue weighted by Crippen LogP contribution is -1.75. The summed E-state index contributed by atoms with van der Waals surface area (Å²) >= 11 is 0. The maximum Gasteiger partial charge on any atom is 0.143 e. The number of benzene rings is 6. The van der Waals surface area contributed by atoms with Crippen molar-refractivity contribution in [3.8, 4) is 23.0 Å². The molecule has 4 N–H and O–H groups in total. The minimum atomic E-state index is 0.0593. The first kappa shape index (κ1) is 27.8. The molecule has 6 aromatic rings. The van der Waals surface area contributed by atoms with Crippen molar-refractivity contribution < 1.29 is 20.4 Å². The Bertz CT molecular complexity index is 1830. The zero-order chi connectivity index (χ0) is 29.6. The van der Waals surface area contributed by atoms with Crippen LogP contribution in [-0.2, 0) is 0 Å². The minimum absolute atomic E-state index is 0.0593. The Morgan fingerprint density at radius 1 is 0.405 bits per heavy atom. The molecule has 0 unspecified atom stereocenters. The van der Waals surface area contributed by atoms with Crippen molar-refractivity contribution >= 4 is 44.3 Å². The van der Waals surface area contributed by atoms with E-state index >= 15 is 0 Å². The smallest absolute Gasteiger partial charge is 0.143 e. The van der Waals surface area contributed by atoms with Crippen LogP contribution in [-0.4, -0.2) is 20.4 Å². The quantitative estimate of drug-likeness (QED) is 0.161. The Hall–Kier alpha value is -5.76. The molecule has 0 amide bonds. The van der Waals surface area contributed by atoms with E-state index in [2.05, 4.69) is 20.5 Å². The Morgan fingerprint density at radius 2 is 0.786 bits per heavy atom. The molecule has 0 bridgehead atoms. The fourth-order valence-corrected chi connectivity index (χ4v) is 4.33. The standard InChI is InChI=1S/2C17H14N2O2/c2*1-11-6-8-15(20)14(10-11)18-19-17-13-5-3-2-4-12(13)7-9-16(17)21/h2*2-10,20-21H,1H3. The molecule has 0 heterocycles. The zero-order valence-electron chi connectivity index (χ0n) is 23.0. The van der Waals surface area contributed by atoms with Crippen molar-refractivity contribution in [3.05, 3.63) is 120 Å². The van der Waals surface area contributed by atoms with Crippen LogP contribution >= 0.6 is 0 Å². The number of aryl methyl sites for hydroxylation is 2. The van der Waals surface area contributed by atoms with Gasteiger partial charge in [-0.2, -0.15) is 0 Å². The summed E-state index contributed by atoms with van der Waals surface area (Å²) < 4.78 is 0. The van der Waals surface area contributed by atoms with Crippen molar-refractivity contribution in [1.29, 1.82) is 0 Å². The minimum Gasteiger partial charge on any atom is -0.506 e. The van der Waals surface area contributed by atoms with Crippen LogP contribution in [0.15, 0.2) is 130 Å². The average Bonchev–Trinajstić information content (AvgIpc) is 2.99.